The van der Waals surface area contributed by atoms with E-state index < -0.39 is 6.10 Å². The fourth-order valence-electron chi connectivity index (χ4n) is 3.32. The fraction of sp³-hybridized carbons (Fsp3) is 0.111. The van der Waals surface area contributed by atoms with Gasteiger partial charge in [0.25, 0.3) is 5.56 Å². The highest BCUT2D eigenvalue weighted by molar-refractivity contribution is 6.30. The molecule has 2 aromatic carbocycles. The van der Waals surface area contributed by atoms with Gasteiger partial charge in [-0.2, -0.15) is 5.26 Å². The van der Waals surface area contributed by atoms with Crippen molar-refractivity contribution in [3.05, 3.63) is 112 Å². The van der Waals surface area contributed by atoms with Gasteiger partial charge in [0.05, 0.1) is 11.6 Å². The Balaban J connectivity index is 2.26. The Kier molecular flexibility index (Phi) is 7.68. The monoisotopic (exact) mass is 458 g/mol. The molecule has 0 saturated heterocycles. The van der Waals surface area contributed by atoms with E-state index in [0.717, 1.165) is 0 Å². The van der Waals surface area contributed by atoms with E-state index in [1.807, 2.05) is 18.2 Å². The summed E-state index contributed by atoms with van der Waals surface area (Å²) in [7, 11) is 0. The van der Waals surface area contributed by atoms with E-state index in [1.165, 1.54) is 17.6 Å². The molecule has 0 aliphatic carbocycles. The molecule has 2 N–H and O–H groups in total. The molecule has 1 atom stereocenters. The zero-order valence-electron chi connectivity index (χ0n) is 18.2. The highest BCUT2D eigenvalue weighted by Crippen LogP contribution is 2.28. The molecule has 1 heterocycles. The highest BCUT2D eigenvalue weighted by Gasteiger charge is 2.14. The van der Waals surface area contributed by atoms with E-state index in [0.29, 0.717) is 38.5 Å². The zero-order valence-corrected chi connectivity index (χ0v) is 19.0. The van der Waals surface area contributed by atoms with Crippen molar-refractivity contribution in [3.8, 4) is 28.3 Å². The van der Waals surface area contributed by atoms with E-state index in [1.54, 1.807) is 67.7 Å². The maximum Gasteiger partial charge on any atom is 0.262 e. The molecule has 0 fully saturated rings. The van der Waals surface area contributed by atoms with Gasteiger partial charge in [0.15, 0.2) is 0 Å². The lowest BCUT2D eigenvalue weighted by Crippen LogP contribution is -2.20. The molecule has 33 heavy (non-hydrogen) atoms. The van der Waals surface area contributed by atoms with Crippen molar-refractivity contribution in [2.45, 2.75) is 20.0 Å². The summed E-state index contributed by atoms with van der Waals surface area (Å²) in [6.07, 6.45) is 7.02. The SMILES string of the molecule is C\C=C(/C=C\C=C(/O)C(C)O)n1cc(-c2ccccc2C#N)cc(-c2cccc(Cl)c2)c1=O. The Morgan fingerprint density at radius 1 is 1.12 bits per heavy atom. The Morgan fingerprint density at radius 2 is 1.88 bits per heavy atom. The average Bonchev–Trinajstić information content (AvgIpc) is 2.82. The molecule has 0 bridgehead atoms. The molecule has 1 unspecified atom stereocenters. The van der Waals surface area contributed by atoms with E-state index in [4.69, 9.17) is 11.6 Å². The first-order valence-corrected chi connectivity index (χ1v) is 10.7. The molecular formula is C27H23ClN2O3. The van der Waals surface area contributed by atoms with Gasteiger partial charge in [-0.3, -0.25) is 9.36 Å². The standard InChI is InChI=1S/C27H23ClN2O3/c1-3-23(11-7-13-26(32)18(2)31)30-17-21(24-12-5-4-8-20(24)16-29)15-25(27(30)33)19-9-6-10-22(28)14-19/h3-15,17-18,31-32H,1-2H3/b11-7-,23-3+,26-13-. The van der Waals surface area contributed by atoms with E-state index in [9.17, 15) is 20.3 Å². The number of hydrogen-bond donors (Lipinski definition) is 2. The minimum absolute atomic E-state index is 0.189. The maximum atomic E-state index is 13.5. The summed E-state index contributed by atoms with van der Waals surface area (Å²) in [4.78, 5) is 13.5. The number of halogens is 1. The van der Waals surface area contributed by atoms with Gasteiger partial charge < -0.3 is 10.2 Å². The van der Waals surface area contributed by atoms with Crippen LogP contribution in [0, 0.1) is 11.3 Å². The molecular weight excluding hydrogens is 436 g/mol. The van der Waals surface area contributed by atoms with Crippen LogP contribution in [-0.2, 0) is 0 Å². The smallest absolute Gasteiger partial charge is 0.262 e. The van der Waals surface area contributed by atoms with Crippen molar-refractivity contribution < 1.29 is 10.2 Å². The molecule has 0 saturated carbocycles. The zero-order chi connectivity index (χ0) is 24.0. The second kappa shape index (κ2) is 10.6. The van der Waals surface area contributed by atoms with Crippen molar-refractivity contribution in [2.24, 2.45) is 0 Å². The molecule has 3 aromatic rings. The third kappa shape index (κ3) is 5.50. The van der Waals surface area contributed by atoms with E-state index in [2.05, 4.69) is 6.07 Å². The minimum atomic E-state index is -0.994. The fourth-order valence-corrected chi connectivity index (χ4v) is 3.51. The molecule has 0 aliphatic rings. The first-order chi connectivity index (χ1) is 15.8. The number of nitrogens with zero attached hydrogens (tertiary/aromatic N) is 2. The summed E-state index contributed by atoms with van der Waals surface area (Å²) in [5.41, 5.74) is 3.25. The normalized spacial score (nSPS) is 13.2. The summed E-state index contributed by atoms with van der Waals surface area (Å²) < 4.78 is 1.49. The van der Waals surface area contributed by atoms with Crippen molar-refractivity contribution >= 4 is 17.3 Å². The van der Waals surface area contributed by atoms with E-state index in [-0.39, 0.29) is 11.3 Å². The van der Waals surface area contributed by atoms with Gasteiger partial charge in [0.1, 0.15) is 11.9 Å². The first kappa shape index (κ1) is 23.8. The predicted molar refractivity (Wildman–Crippen MR) is 133 cm³/mol. The average molecular weight is 459 g/mol. The summed E-state index contributed by atoms with van der Waals surface area (Å²) in [5, 5.41) is 29.3. The van der Waals surface area contributed by atoms with Crippen LogP contribution in [0.3, 0.4) is 0 Å². The van der Waals surface area contributed by atoms with E-state index >= 15 is 0 Å². The molecule has 3 rings (SSSR count). The lowest BCUT2D eigenvalue weighted by atomic mass is 9.98. The number of aromatic nitrogens is 1. The Morgan fingerprint density at radius 3 is 2.55 bits per heavy atom. The number of rotatable bonds is 6. The van der Waals surface area contributed by atoms with Crippen molar-refractivity contribution in [2.75, 3.05) is 0 Å². The Hall–Kier alpha value is -3.85. The van der Waals surface area contributed by atoms with Crippen LogP contribution in [0.25, 0.3) is 28.0 Å². The van der Waals surface area contributed by atoms with Crippen LogP contribution in [0.2, 0.25) is 5.02 Å². The summed E-state index contributed by atoms with van der Waals surface area (Å²) >= 11 is 6.18. The van der Waals surface area contributed by atoms with Crippen LogP contribution in [0.5, 0.6) is 0 Å². The van der Waals surface area contributed by atoms with Gasteiger partial charge in [0.2, 0.25) is 0 Å². The maximum absolute atomic E-state index is 13.5. The topological polar surface area (TPSA) is 86.2 Å². The number of aliphatic hydroxyl groups is 2. The van der Waals surface area contributed by atoms with Gasteiger partial charge in [-0.15, -0.1) is 0 Å². The molecule has 6 heteroatoms. The van der Waals surface area contributed by atoms with Gasteiger partial charge in [-0.1, -0.05) is 54.1 Å². The minimum Gasteiger partial charge on any atom is -0.510 e. The van der Waals surface area contributed by atoms with Gasteiger partial charge in [0, 0.05) is 33.6 Å². The number of nitriles is 1. The Bertz CT molecular complexity index is 1360. The molecule has 0 amide bonds. The molecule has 5 nitrogen and oxygen atoms in total. The molecule has 1 aromatic heterocycles. The van der Waals surface area contributed by atoms with Crippen LogP contribution < -0.4 is 5.56 Å². The van der Waals surface area contributed by atoms with Gasteiger partial charge in [-0.25, -0.2) is 0 Å². The van der Waals surface area contributed by atoms with Crippen LogP contribution in [-0.4, -0.2) is 20.9 Å². The van der Waals surface area contributed by atoms with Crippen LogP contribution >= 0.6 is 11.6 Å². The lowest BCUT2D eigenvalue weighted by molar-refractivity contribution is 0.170. The third-order valence-corrected chi connectivity index (χ3v) is 5.28. The first-order valence-electron chi connectivity index (χ1n) is 10.3. The number of benzene rings is 2. The van der Waals surface area contributed by atoms with Gasteiger partial charge in [-0.05, 0) is 55.8 Å². The second-order valence-corrected chi connectivity index (χ2v) is 7.76. The number of allylic oxidation sites excluding steroid dienone is 5. The second-order valence-electron chi connectivity index (χ2n) is 7.33. The highest BCUT2D eigenvalue weighted by atomic mass is 35.5. The summed E-state index contributed by atoms with van der Waals surface area (Å²) in [6, 6.07) is 18.2. The predicted octanol–water partition coefficient (Wildman–Crippen LogP) is 5.95. The Labute approximate surface area is 197 Å². The number of pyridine rings is 1. The van der Waals surface area contributed by atoms with Crippen molar-refractivity contribution in [1.82, 2.24) is 4.57 Å². The number of aliphatic hydroxyl groups excluding tert-OH is 2. The van der Waals surface area contributed by atoms with Crippen LogP contribution in [0.15, 0.2) is 95.7 Å². The van der Waals surface area contributed by atoms with Crippen molar-refractivity contribution in [1.29, 1.82) is 5.26 Å². The quantitative estimate of drug-likeness (QED) is 0.353. The van der Waals surface area contributed by atoms with Gasteiger partial charge >= 0.3 is 0 Å². The molecule has 166 valence electrons. The molecule has 0 aliphatic heterocycles. The molecule has 0 spiro atoms. The largest absolute Gasteiger partial charge is 0.510 e. The van der Waals surface area contributed by atoms with Crippen LogP contribution in [0.4, 0.5) is 0 Å². The summed E-state index contributed by atoms with van der Waals surface area (Å²) in [6.45, 7) is 3.24. The third-order valence-electron chi connectivity index (χ3n) is 5.05. The van der Waals surface area contributed by atoms with Crippen LogP contribution in [0.1, 0.15) is 19.4 Å². The lowest BCUT2D eigenvalue weighted by Gasteiger charge is -2.14. The molecule has 0 radical (unpaired) electrons. The summed E-state index contributed by atoms with van der Waals surface area (Å²) in [5.74, 6) is -0.189. The number of hydrogen-bond acceptors (Lipinski definition) is 4. The van der Waals surface area contributed by atoms with Crippen molar-refractivity contribution in [3.63, 3.8) is 0 Å².